The van der Waals surface area contributed by atoms with E-state index in [1.807, 2.05) is 18.2 Å². The first-order valence-electron chi connectivity index (χ1n) is 10.0. The summed E-state index contributed by atoms with van der Waals surface area (Å²) < 4.78 is 37.2. The van der Waals surface area contributed by atoms with Crippen LogP contribution >= 0.6 is 11.8 Å². The molecule has 2 aromatic heterocycles. The summed E-state index contributed by atoms with van der Waals surface area (Å²) in [5.74, 6) is 1.51. The smallest absolute Gasteiger partial charge is 0.353 e. The number of carbonyl (C=O) groups is 1. The number of thioether (sulfide) groups is 1. The van der Waals surface area contributed by atoms with E-state index in [1.54, 1.807) is 6.20 Å². The quantitative estimate of drug-likeness (QED) is 0.527. The van der Waals surface area contributed by atoms with Crippen molar-refractivity contribution in [2.75, 3.05) is 46.6 Å². The molecule has 4 rings (SSSR count). The number of pyridine rings is 1. The molecule has 12 heteroatoms. The van der Waals surface area contributed by atoms with Crippen molar-refractivity contribution in [3.8, 4) is 0 Å². The highest BCUT2D eigenvalue weighted by molar-refractivity contribution is 8.00. The summed E-state index contributed by atoms with van der Waals surface area (Å²) >= 11 is -0.212. The van der Waals surface area contributed by atoms with Gasteiger partial charge in [-0.25, -0.2) is 19.7 Å². The molecule has 3 aromatic rings. The molecule has 0 atom stereocenters. The van der Waals surface area contributed by atoms with Crippen molar-refractivity contribution in [1.82, 2.24) is 15.0 Å². The van der Waals surface area contributed by atoms with Crippen molar-refractivity contribution in [3.63, 3.8) is 0 Å². The standard InChI is InChI=1S/C21H20F3N7OS/c22-21(23,24)33-17-6-4-15(5-7-17)28-20(32)29-16-13-26-19(27-14-16)31-11-9-30(10-12-31)18-3-1-2-8-25-18/h1-8,13-14H,9-12H2,(H2,28,29,32). The van der Waals surface area contributed by atoms with Gasteiger partial charge in [0, 0.05) is 43.0 Å². The molecule has 0 aliphatic carbocycles. The van der Waals surface area contributed by atoms with Gasteiger partial charge >= 0.3 is 11.5 Å². The fourth-order valence-electron chi connectivity index (χ4n) is 3.26. The summed E-state index contributed by atoms with van der Waals surface area (Å²) in [5, 5.41) is 5.17. The highest BCUT2D eigenvalue weighted by Crippen LogP contribution is 2.37. The molecule has 2 N–H and O–H groups in total. The van der Waals surface area contributed by atoms with Crippen molar-refractivity contribution in [1.29, 1.82) is 0 Å². The maximum absolute atomic E-state index is 12.4. The van der Waals surface area contributed by atoms with Gasteiger partial charge in [-0.2, -0.15) is 13.2 Å². The van der Waals surface area contributed by atoms with Gasteiger partial charge in [0.15, 0.2) is 0 Å². The molecule has 0 saturated carbocycles. The van der Waals surface area contributed by atoms with Crippen molar-refractivity contribution >= 4 is 40.9 Å². The number of hydrogen-bond acceptors (Lipinski definition) is 7. The van der Waals surface area contributed by atoms with Gasteiger partial charge in [0.1, 0.15) is 5.82 Å². The van der Waals surface area contributed by atoms with Crippen molar-refractivity contribution in [2.45, 2.75) is 10.4 Å². The Morgan fingerprint density at radius 2 is 1.48 bits per heavy atom. The lowest BCUT2D eigenvalue weighted by molar-refractivity contribution is -0.0328. The van der Waals surface area contributed by atoms with Crippen LogP contribution in [0.2, 0.25) is 0 Å². The number of nitrogens with one attached hydrogen (secondary N) is 2. The molecule has 0 radical (unpaired) electrons. The molecule has 3 heterocycles. The number of amides is 2. The summed E-state index contributed by atoms with van der Waals surface area (Å²) in [5.41, 5.74) is -3.60. The number of aromatic nitrogens is 3. The Morgan fingerprint density at radius 3 is 2.09 bits per heavy atom. The summed E-state index contributed by atoms with van der Waals surface area (Å²) in [6.45, 7) is 3.07. The number of benzene rings is 1. The Kier molecular flexibility index (Phi) is 6.82. The highest BCUT2D eigenvalue weighted by atomic mass is 32.2. The number of halogens is 3. The fourth-order valence-corrected chi connectivity index (χ4v) is 3.80. The van der Waals surface area contributed by atoms with E-state index in [0.29, 0.717) is 17.3 Å². The molecule has 172 valence electrons. The zero-order chi connectivity index (χ0) is 23.3. The van der Waals surface area contributed by atoms with Crippen LogP contribution in [0, 0.1) is 0 Å². The van der Waals surface area contributed by atoms with Gasteiger partial charge < -0.3 is 20.4 Å². The largest absolute Gasteiger partial charge is 0.446 e. The van der Waals surface area contributed by atoms with Crippen molar-refractivity contribution < 1.29 is 18.0 Å². The number of rotatable bonds is 5. The predicted molar refractivity (Wildman–Crippen MR) is 122 cm³/mol. The molecule has 1 aliphatic heterocycles. The van der Waals surface area contributed by atoms with Gasteiger partial charge in [-0.3, -0.25) is 0 Å². The second-order valence-corrected chi connectivity index (χ2v) is 8.22. The van der Waals surface area contributed by atoms with Crippen LogP contribution in [0.25, 0.3) is 0 Å². The third-order valence-corrected chi connectivity index (χ3v) is 5.52. The first kappa shape index (κ1) is 22.6. The number of hydrogen-bond donors (Lipinski definition) is 2. The first-order valence-corrected chi connectivity index (χ1v) is 10.8. The minimum absolute atomic E-state index is 0.0401. The summed E-state index contributed by atoms with van der Waals surface area (Å²) in [6, 6.07) is 10.7. The molecule has 0 spiro atoms. The van der Waals surface area contributed by atoms with Crippen LogP contribution < -0.4 is 20.4 Å². The number of urea groups is 1. The normalized spacial score (nSPS) is 14.2. The molecule has 0 unspecified atom stereocenters. The molecule has 1 saturated heterocycles. The molecule has 8 nitrogen and oxygen atoms in total. The third kappa shape index (κ3) is 6.48. The molecule has 1 aliphatic rings. The molecule has 0 bridgehead atoms. The maximum atomic E-state index is 12.4. The number of carbonyl (C=O) groups excluding carboxylic acids is 1. The fraction of sp³-hybridized carbons (Fsp3) is 0.238. The minimum Gasteiger partial charge on any atom is -0.353 e. The van der Waals surface area contributed by atoms with E-state index in [2.05, 4.69) is 35.4 Å². The van der Waals surface area contributed by atoms with Crippen LogP contribution in [-0.4, -0.2) is 52.7 Å². The van der Waals surface area contributed by atoms with Gasteiger partial charge in [0.25, 0.3) is 0 Å². The van der Waals surface area contributed by atoms with Crippen molar-refractivity contribution in [3.05, 3.63) is 61.1 Å². The topological polar surface area (TPSA) is 86.3 Å². The zero-order valence-corrected chi connectivity index (χ0v) is 18.1. The number of nitrogens with zero attached hydrogens (tertiary/aromatic N) is 5. The number of piperazine rings is 1. The van der Waals surface area contributed by atoms with Gasteiger partial charge in [-0.15, -0.1) is 0 Å². The zero-order valence-electron chi connectivity index (χ0n) is 17.3. The van der Waals surface area contributed by atoms with Crippen LogP contribution in [-0.2, 0) is 0 Å². The minimum atomic E-state index is -4.36. The molecule has 1 aromatic carbocycles. The Bertz CT molecular complexity index is 1060. The third-order valence-electron chi connectivity index (χ3n) is 4.78. The molecule has 33 heavy (non-hydrogen) atoms. The second-order valence-electron chi connectivity index (χ2n) is 7.09. The van der Waals surface area contributed by atoms with Gasteiger partial charge in [0.05, 0.1) is 18.1 Å². The first-order chi connectivity index (χ1) is 15.9. The number of anilines is 4. The maximum Gasteiger partial charge on any atom is 0.446 e. The molecular formula is C21H20F3N7OS. The van der Waals surface area contributed by atoms with Gasteiger partial charge in [-0.1, -0.05) is 6.07 Å². The predicted octanol–water partition coefficient (Wildman–Crippen LogP) is 4.45. The average Bonchev–Trinajstić information content (AvgIpc) is 2.81. The van der Waals surface area contributed by atoms with E-state index in [1.165, 1.54) is 36.7 Å². The summed E-state index contributed by atoms with van der Waals surface area (Å²) in [6.07, 6.45) is 4.79. The van der Waals surface area contributed by atoms with Gasteiger partial charge in [-0.05, 0) is 48.2 Å². The summed E-state index contributed by atoms with van der Waals surface area (Å²) in [7, 11) is 0. The molecular weight excluding hydrogens is 455 g/mol. The molecule has 1 fully saturated rings. The van der Waals surface area contributed by atoms with E-state index in [0.717, 1.165) is 32.0 Å². The SMILES string of the molecule is O=C(Nc1ccc(SC(F)(F)F)cc1)Nc1cnc(N2CCN(c3ccccn3)CC2)nc1. The van der Waals surface area contributed by atoms with E-state index >= 15 is 0 Å². The Labute approximate surface area is 192 Å². The van der Waals surface area contributed by atoms with Crippen molar-refractivity contribution in [2.24, 2.45) is 0 Å². The van der Waals surface area contributed by atoms with Gasteiger partial charge in [0.2, 0.25) is 5.95 Å². The van der Waals surface area contributed by atoms with Crippen LogP contribution in [0.5, 0.6) is 0 Å². The van der Waals surface area contributed by atoms with E-state index in [-0.39, 0.29) is 16.7 Å². The number of alkyl halides is 3. The lowest BCUT2D eigenvalue weighted by Gasteiger charge is -2.35. The van der Waals surface area contributed by atoms with E-state index < -0.39 is 11.5 Å². The monoisotopic (exact) mass is 475 g/mol. The summed E-state index contributed by atoms with van der Waals surface area (Å²) in [4.78, 5) is 29.5. The van der Waals surface area contributed by atoms with Crippen LogP contribution in [0.4, 0.5) is 41.1 Å². The highest BCUT2D eigenvalue weighted by Gasteiger charge is 2.29. The second kappa shape index (κ2) is 9.94. The average molecular weight is 476 g/mol. The molecule has 2 amide bonds. The lowest BCUT2D eigenvalue weighted by atomic mass is 10.3. The Morgan fingerprint density at radius 1 is 0.848 bits per heavy atom. The van der Waals surface area contributed by atoms with Crippen LogP contribution in [0.3, 0.4) is 0 Å². The van der Waals surface area contributed by atoms with E-state index in [4.69, 9.17) is 0 Å². The van der Waals surface area contributed by atoms with Crippen LogP contribution in [0.15, 0.2) is 66.0 Å². The Balaban J connectivity index is 1.27. The lowest BCUT2D eigenvalue weighted by Crippen LogP contribution is -2.47. The van der Waals surface area contributed by atoms with E-state index in [9.17, 15) is 18.0 Å². The van der Waals surface area contributed by atoms with Crippen LogP contribution in [0.1, 0.15) is 0 Å². The Hall–Kier alpha value is -3.54.